The van der Waals surface area contributed by atoms with Crippen molar-refractivity contribution in [3.8, 4) is 5.75 Å². The standard InChI is InChI=1S/C12H17Cl2NO2.C2H2O4/c1-9-7-10(13)8-11(14)12(9)17-6-2-3-15-4-5-16;3-1(4)2(5)6/h7-8,15-16H,2-6H2,1H3;(H,3,4)(H,5,6). The Morgan fingerprint density at radius 2 is 1.78 bits per heavy atom. The first-order valence-electron chi connectivity index (χ1n) is 6.65. The van der Waals surface area contributed by atoms with Crippen LogP contribution in [0.2, 0.25) is 10.0 Å². The summed E-state index contributed by atoms with van der Waals surface area (Å²) in [7, 11) is 0. The third kappa shape index (κ3) is 9.96. The molecule has 0 heterocycles. The number of aliphatic hydroxyl groups excluding tert-OH is 1. The van der Waals surface area contributed by atoms with Crippen LogP contribution >= 0.6 is 23.2 Å². The first-order valence-corrected chi connectivity index (χ1v) is 7.41. The van der Waals surface area contributed by atoms with Crippen molar-refractivity contribution in [2.45, 2.75) is 13.3 Å². The van der Waals surface area contributed by atoms with Crippen LogP contribution < -0.4 is 10.1 Å². The van der Waals surface area contributed by atoms with Gasteiger partial charge in [-0.1, -0.05) is 23.2 Å². The molecule has 0 amide bonds. The van der Waals surface area contributed by atoms with E-state index in [2.05, 4.69) is 5.32 Å². The summed E-state index contributed by atoms with van der Waals surface area (Å²) in [5.41, 5.74) is 0.936. The third-order valence-electron chi connectivity index (χ3n) is 2.41. The van der Waals surface area contributed by atoms with Crippen LogP contribution in [0.15, 0.2) is 12.1 Å². The number of halogens is 2. The van der Waals surface area contributed by atoms with Crippen LogP contribution in [-0.2, 0) is 9.59 Å². The SMILES string of the molecule is Cc1cc(Cl)cc(Cl)c1OCCCNCCO.O=C(O)C(=O)O. The highest BCUT2D eigenvalue weighted by atomic mass is 35.5. The Morgan fingerprint density at radius 1 is 1.17 bits per heavy atom. The van der Waals surface area contributed by atoms with Crippen molar-refractivity contribution in [3.05, 3.63) is 27.7 Å². The maximum Gasteiger partial charge on any atom is 0.414 e. The number of carbonyl (C=O) groups is 2. The van der Waals surface area contributed by atoms with Crippen molar-refractivity contribution in [3.63, 3.8) is 0 Å². The molecule has 1 rings (SSSR count). The number of carboxylic acids is 2. The molecule has 0 saturated heterocycles. The molecule has 9 heteroatoms. The zero-order valence-corrected chi connectivity index (χ0v) is 14.0. The van der Waals surface area contributed by atoms with E-state index in [1.165, 1.54) is 0 Å². The van der Waals surface area contributed by atoms with Crippen molar-refractivity contribution in [2.24, 2.45) is 0 Å². The average molecular weight is 368 g/mol. The van der Waals surface area contributed by atoms with Gasteiger partial charge in [-0.2, -0.15) is 0 Å². The van der Waals surface area contributed by atoms with E-state index in [-0.39, 0.29) is 6.61 Å². The van der Waals surface area contributed by atoms with Crippen molar-refractivity contribution in [1.29, 1.82) is 0 Å². The maximum atomic E-state index is 9.10. The molecular weight excluding hydrogens is 349 g/mol. The lowest BCUT2D eigenvalue weighted by molar-refractivity contribution is -0.159. The van der Waals surface area contributed by atoms with Gasteiger partial charge in [0.05, 0.1) is 18.2 Å². The lowest BCUT2D eigenvalue weighted by atomic mass is 10.2. The maximum absolute atomic E-state index is 9.10. The second-order valence-corrected chi connectivity index (χ2v) is 5.16. The molecule has 1 aromatic carbocycles. The molecule has 23 heavy (non-hydrogen) atoms. The Hall–Kier alpha value is -1.54. The summed E-state index contributed by atoms with van der Waals surface area (Å²) in [6.45, 7) is 4.08. The fourth-order valence-electron chi connectivity index (χ4n) is 1.45. The molecule has 0 aliphatic carbocycles. The summed E-state index contributed by atoms with van der Waals surface area (Å²) in [5, 5.41) is 27.6. The number of hydrogen-bond donors (Lipinski definition) is 4. The number of carboxylic acid groups (broad SMARTS) is 2. The molecule has 0 bridgehead atoms. The summed E-state index contributed by atoms with van der Waals surface area (Å²) in [4.78, 5) is 18.2. The predicted octanol–water partition coefficient (Wildman–Crippen LogP) is 1.81. The number of nitrogens with one attached hydrogen (secondary N) is 1. The van der Waals surface area contributed by atoms with E-state index >= 15 is 0 Å². The first-order chi connectivity index (χ1) is 10.8. The highest BCUT2D eigenvalue weighted by Crippen LogP contribution is 2.31. The molecule has 0 atom stereocenters. The second kappa shape index (κ2) is 12.0. The zero-order valence-electron chi connectivity index (χ0n) is 12.5. The molecule has 1 aromatic rings. The van der Waals surface area contributed by atoms with Gasteiger partial charge in [-0.25, -0.2) is 9.59 Å². The molecule has 0 aliphatic rings. The second-order valence-electron chi connectivity index (χ2n) is 4.32. The molecule has 0 saturated carbocycles. The lowest BCUT2D eigenvalue weighted by Crippen LogP contribution is -2.20. The summed E-state index contributed by atoms with van der Waals surface area (Å²) >= 11 is 11.9. The lowest BCUT2D eigenvalue weighted by Gasteiger charge is -2.11. The van der Waals surface area contributed by atoms with Gasteiger partial charge in [-0.05, 0) is 37.6 Å². The zero-order chi connectivity index (χ0) is 17.8. The van der Waals surface area contributed by atoms with E-state index in [9.17, 15) is 0 Å². The summed E-state index contributed by atoms with van der Waals surface area (Å²) < 4.78 is 5.61. The van der Waals surface area contributed by atoms with E-state index in [0.29, 0.717) is 28.9 Å². The number of ether oxygens (including phenoxy) is 1. The highest BCUT2D eigenvalue weighted by molar-refractivity contribution is 6.35. The molecule has 4 N–H and O–H groups in total. The van der Waals surface area contributed by atoms with Gasteiger partial charge < -0.3 is 25.4 Å². The van der Waals surface area contributed by atoms with E-state index in [1.54, 1.807) is 6.07 Å². The minimum Gasteiger partial charge on any atom is -0.492 e. The van der Waals surface area contributed by atoms with Crippen molar-refractivity contribution >= 4 is 35.1 Å². The molecule has 0 aromatic heterocycles. The fourth-order valence-corrected chi connectivity index (χ4v) is 2.10. The minimum absolute atomic E-state index is 0.156. The molecule has 0 spiro atoms. The number of aliphatic carboxylic acids is 2. The van der Waals surface area contributed by atoms with Gasteiger partial charge in [0.25, 0.3) is 0 Å². The van der Waals surface area contributed by atoms with Crippen molar-refractivity contribution in [1.82, 2.24) is 5.32 Å². The fraction of sp³-hybridized carbons (Fsp3) is 0.429. The van der Waals surface area contributed by atoms with Gasteiger partial charge in [0, 0.05) is 11.6 Å². The number of rotatable bonds is 7. The van der Waals surface area contributed by atoms with Crippen molar-refractivity contribution < 1.29 is 29.6 Å². The van der Waals surface area contributed by atoms with Gasteiger partial charge in [0.1, 0.15) is 5.75 Å². The van der Waals surface area contributed by atoms with Crippen LogP contribution in [-0.4, -0.2) is 53.6 Å². The smallest absolute Gasteiger partial charge is 0.414 e. The summed E-state index contributed by atoms with van der Waals surface area (Å²) in [6, 6.07) is 3.50. The number of benzene rings is 1. The Kier molecular flexibility index (Phi) is 11.2. The number of aliphatic hydroxyl groups is 1. The molecule has 0 radical (unpaired) electrons. The molecule has 0 aliphatic heterocycles. The molecular formula is C14H19Cl2NO6. The largest absolute Gasteiger partial charge is 0.492 e. The highest BCUT2D eigenvalue weighted by Gasteiger charge is 2.07. The van der Waals surface area contributed by atoms with Gasteiger partial charge in [-0.15, -0.1) is 0 Å². The topological polar surface area (TPSA) is 116 Å². The van der Waals surface area contributed by atoms with E-state index in [1.807, 2.05) is 13.0 Å². The van der Waals surface area contributed by atoms with Gasteiger partial charge >= 0.3 is 11.9 Å². The van der Waals surface area contributed by atoms with Crippen LogP contribution in [0.1, 0.15) is 12.0 Å². The quantitative estimate of drug-likeness (QED) is 0.428. The van der Waals surface area contributed by atoms with Crippen molar-refractivity contribution in [2.75, 3.05) is 26.3 Å². The first kappa shape index (κ1) is 21.5. The molecule has 0 unspecified atom stereocenters. The third-order valence-corrected chi connectivity index (χ3v) is 2.91. The molecule has 0 fully saturated rings. The Bertz CT molecular complexity index is 489. The molecule has 7 nitrogen and oxygen atoms in total. The normalized spacial score (nSPS) is 9.74. The van der Waals surface area contributed by atoms with E-state index < -0.39 is 11.9 Å². The summed E-state index contributed by atoms with van der Waals surface area (Å²) in [5.74, 6) is -2.96. The molecule has 130 valence electrons. The minimum atomic E-state index is -1.82. The van der Waals surface area contributed by atoms with Crippen LogP contribution in [0.3, 0.4) is 0 Å². The Balaban J connectivity index is 0.000000688. The van der Waals surface area contributed by atoms with Gasteiger partial charge in [-0.3, -0.25) is 0 Å². The number of aryl methyl sites for hydroxylation is 1. The Labute approximate surface area is 143 Å². The van der Waals surface area contributed by atoms with Crippen LogP contribution in [0.25, 0.3) is 0 Å². The van der Waals surface area contributed by atoms with E-state index in [4.69, 9.17) is 52.8 Å². The summed E-state index contributed by atoms with van der Waals surface area (Å²) in [6.07, 6.45) is 0.860. The number of hydrogen-bond acceptors (Lipinski definition) is 5. The van der Waals surface area contributed by atoms with Gasteiger partial charge in [0.15, 0.2) is 0 Å². The average Bonchev–Trinajstić information content (AvgIpc) is 2.45. The van der Waals surface area contributed by atoms with Crippen LogP contribution in [0.4, 0.5) is 0 Å². The van der Waals surface area contributed by atoms with Gasteiger partial charge in [0.2, 0.25) is 0 Å². The Morgan fingerprint density at radius 3 is 2.26 bits per heavy atom. The monoisotopic (exact) mass is 367 g/mol. The van der Waals surface area contributed by atoms with Crippen LogP contribution in [0.5, 0.6) is 5.75 Å². The predicted molar refractivity (Wildman–Crippen MR) is 86.5 cm³/mol. The van der Waals surface area contributed by atoms with E-state index in [0.717, 1.165) is 18.5 Å². The van der Waals surface area contributed by atoms with Crippen LogP contribution in [0, 0.1) is 6.92 Å².